The van der Waals surface area contributed by atoms with Gasteiger partial charge in [-0.1, -0.05) is 12.1 Å². The Morgan fingerprint density at radius 1 is 0.684 bits per heavy atom. The Morgan fingerprint density at radius 3 is 1.82 bits per heavy atom. The fourth-order valence-electron chi connectivity index (χ4n) is 4.50. The maximum atomic E-state index is 12.3. The summed E-state index contributed by atoms with van der Waals surface area (Å²) in [5, 5.41) is 43.5. The van der Waals surface area contributed by atoms with Crippen LogP contribution < -0.4 is 154 Å². The first-order valence-electron chi connectivity index (χ1n) is 13.8. The Hall–Kier alpha value is -1.11. The first-order chi connectivity index (χ1) is 24.3. The minimum atomic E-state index is -5.54. The van der Waals surface area contributed by atoms with Gasteiger partial charge in [0.15, 0.2) is 11.4 Å². The molecule has 28 heteroatoms. The summed E-state index contributed by atoms with van der Waals surface area (Å²) in [6.07, 6.45) is 0. The molecule has 0 heterocycles. The van der Waals surface area contributed by atoms with Crippen molar-refractivity contribution in [2.75, 3.05) is 5.73 Å². The zero-order valence-electron chi connectivity index (χ0n) is 30.7. The molecule has 5 aromatic carbocycles. The van der Waals surface area contributed by atoms with E-state index < -0.39 is 83.5 Å². The van der Waals surface area contributed by atoms with Gasteiger partial charge in [-0.15, -0.1) is 28.4 Å². The number of nitro groups is 1. The number of nitrogens with two attached hydrogens (primary N) is 1. The van der Waals surface area contributed by atoms with Crippen LogP contribution in [0.5, 0.6) is 5.75 Å². The Balaban J connectivity index is 0.00000627. The summed E-state index contributed by atoms with van der Waals surface area (Å²) in [7, 11) is -15.9. The predicted octanol–water partition coefficient (Wildman–Crippen LogP) is -9.08. The van der Waals surface area contributed by atoms with Gasteiger partial charge in [-0.3, -0.25) is 18.5 Å². The number of aryl methyl sites for hydroxylation is 1. The molecule has 0 radical (unpaired) electrons. The SMILES string of the molecule is Cc1cc(N=Nc2cc[c-]cc2S(=O)(=O)[O-])ccc1N=Nc1cc(S(=O)(=O)[O-])c2cc(S(=O)(=O)[O-])c(N=Nc3[c-]cc([N+](=O)[O-])cc3)c(O)c2c1N.[Na+].[Na+].[Na+].[Na+].[Na+]. The Bertz CT molecular complexity index is 2740. The second kappa shape index (κ2) is 22.7. The smallest absolute Gasteiger partial charge is 0.754 e. The first kappa shape index (κ1) is 55.9. The van der Waals surface area contributed by atoms with Gasteiger partial charge in [0.05, 0.1) is 42.4 Å². The predicted molar refractivity (Wildman–Crippen MR) is 175 cm³/mol. The zero-order valence-corrected chi connectivity index (χ0v) is 43.2. The fraction of sp³-hybridized carbons (Fsp3) is 0.0345. The summed E-state index contributed by atoms with van der Waals surface area (Å²) < 4.78 is 108. The fourth-order valence-corrected chi connectivity index (χ4v) is 6.40. The topological polar surface area (TPSA) is 335 Å². The van der Waals surface area contributed by atoms with Crippen LogP contribution in [0.25, 0.3) is 10.8 Å². The average molecular weight is 881 g/mol. The van der Waals surface area contributed by atoms with E-state index in [0.717, 1.165) is 24.3 Å². The Labute approximate surface area is 435 Å². The number of hydrogen-bond donors (Lipinski definition) is 2. The van der Waals surface area contributed by atoms with Gasteiger partial charge in [0, 0.05) is 10.3 Å². The number of fused-ring (bicyclic) bond motifs is 1. The van der Waals surface area contributed by atoms with Crippen LogP contribution in [0.4, 0.5) is 45.5 Å². The van der Waals surface area contributed by atoms with Crippen molar-refractivity contribution in [2.24, 2.45) is 30.7 Å². The summed E-state index contributed by atoms with van der Waals surface area (Å²) >= 11 is 0. The molecule has 0 unspecified atom stereocenters. The van der Waals surface area contributed by atoms with E-state index in [0.29, 0.717) is 17.7 Å². The largest absolute Gasteiger partial charge is 1.00 e. The van der Waals surface area contributed by atoms with Gasteiger partial charge in [-0.05, 0) is 59.1 Å². The molecule has 0 aliphatic rings. The zero-order chi connectivity index (χ0) is 38.2. The number of hydrogen-bond acceptors (Lipinski definition) is 19. The molecular formula is C29H17N8Na5O12S3. The summed E-state index contributed by atoms with van der Waals surface area (Å²) in [6.45, 7) is 1.55. The number of aromatic hydroxyl groups is 1. The van der Waals surface area contributed by atoms with Crippen LogP contribution >= 0.6 is 0 Å². The molecule has 20 nitrogen and oxygen atoms in total. The average Bonchev–Trinajstić information content (AvgIpc) is 3.05. The van der Waals surface area contributed by atoms with Crippen molar-refractivity contribution < 1.29 is 197 Å². The molecule has 0 aliphatic carbocycles. The number of rotatable bonds is 10. The van der Waals surface area contributed by atoms with E-state index in [1.54, 1.807) is 6.92 Å². The van der Waals surface area contributed by atoms with Crippen molar-refractivity contribution in [3.63, 3.8) is 0 Å². The van der Waals surface area contributed by atoms with Crippen molar-refractivity contribution in [3.8, 4) is 5.75 Å². The van der Waals surface area contributed by atoms with Gasteiger partial charge in [0.1, 0.15) is 31.6 Å². The third kappa shape index (κ3) is 13.7. The minimum absolute atomic E-state index is 0. The van der Waals surface area contributed by atoms with E-state index in [-0.39, 0.29) is 176 Å². The molecule has 0 aliphatic heterocycles. The number of benzene rings is 5. The molecule has 0 spiro atoms. The van der Waals surface area contributed by atoms with Gasteiger partial charge < -0.3 is 24.5 Å². The van der Waals surface area contributed by atoms with Crippen LogP contribution in [0.3, 0.4) is 0 Å². The molecule has 0 saturated carbocycles. The molecular weight excluding hydrogens is 864 g/mol. The molecule has 5 aromatic rings. The van der Waals surface area contributed by atoms with E-state index in [9.17, 15) is 54.1 Å². The molecule has 0 aromatic heterocycles. The number of nitro benzene ring substituents is 1. The number of phenols is 1. The Morgan fingerprint density at radius 2 is 1.28 bits per heavy atom. The molecule has 0 fully saturated rings. The number of non-ortho nitro benzene ring substituents is 1. The second-order valence-corrected chi connectivity index (χ2v) is 14.4. The summed E-state index contributed by atoms with van der Waals surface area (Å²) in [6, 6.07) is 16.6. The number of nitrogens with zero attached hydrogens (tertiary/aromatic N) is 7. The summed E-state index contributed by atoms with van der Waals surface area (Å²) in [4.78, 5) is 7.12. The third-order valence-corrected chi connectivity index (χ3v) is 9.49. The van der Waals surface area contributed by atoms with Crippen LogP contribution in [-0.4, -0.2) is 48.9 Å². The minimum Gasteiger partial charge on any atom is -0.754 e. The van der Waals surface area contributed by atoms with Crippen LogP contribution in [0.2, 0.25) is 0 Å². The number of azo groups is 3. The molecule has 0 atom stereocenters. The van der Waals surface area contributed by atoms with E-state index in [2.05, 4.69) is 42.8 Å². The molecule has 5 rings (SSSR count). The number of nitrogen functional groups attached to an aromatic ring is 1. The van der Waals surface area contributed by atoms with Crippen molar-refractivity contribution >= 4 is 86.6 Å². The summed E-state index contributed by atoms with van der Waals surface area (Å²) in [5.74, 6) is -1.19. The maximum absolute atomic E-state index is 12.3. The van der Waals surface area contributed by atoms with Gasteiger partial charge in [0.2, 0.25) is 0 Å². The third-order valence-electron chi connectivity index (χ3n) is 6.90. The van der Waals surface area contributed by atoms with Gasteiger partial charge in [-0.2, -0.15) is 38.7 Å². The maximum Gasteiger partial charge on any atom is 1.00 e. The molecule has 57 heavy (non-hydrogen) atoms. The van der Waals surface area contributed by atoms with Crippen LogP contribution in [0, 0.1) is 29.2 Å². The molecule has 268 valence electrons. The van der Waals surface area contributed by atoms with E-state index >= 15 is 0 Å². The molecule has 0 amide bonds. The Kier molecular flexibility index (Phi) is 22.2. The second-order valence-electron chi connectivity index (χ2n) is 10.3. The van der Waals surface area contributed by atoms with Crippen LogP contribution in [0.15, 0.2) is 112 Å². The monoisotopic (exact) mass is 880 g/mol. The van der Waals surface area contributed by atoms with Crippen molar-refractivity contribution in [1.82, 2.24) is 0 Å². The van der Waals surface area contributed by atoms with Crippen molar-refractivity contribution in [2.45, 2.75) is 21.6 Å². The van der Waals surface area contributed by atoms with E-state index in [1.807, 2.05) is 0 Å². The van der Waals surface area contributed by atoms with Gasteiger partial charge in [-0.25, -0.2) is 16.8 Å². The standard InChI is InChI=1S/C29H20N8O12S3.5Na/c1-15-12-17(32-34-21-4-2-3-5-23(21)50(41,42)43)8-11-20(15)33-35-22-14-24(51(44,45)46)19-13-25(52(47,48)49)28(29(38)26(19)27(22)30)36-31-16-6-9-18(10-7-16)37(39)40;;;;;/h2,4-6,8-14,38H,30H2,1H3,(H,41,42,43)(H,44,45,46)(H,47,48,49);;;;;/q-2;5*+1/p-3. The van der Waals surface area contributed by atoms with E-state index in [1.165, 1.54) is 30.3 Å². The quantitative estimate of drug-likeness (QED) is 0.0251. The number of anilines is 1. The molecule has 3 N–H and O–H groups in total. The van der Waals surface area contributed by atoms with Gasteiger partial charge in [0.25, 0.3) is 0 Å². The van der Waals surface area contributed by atoms with Crippen molar-refractivity contribution in [3.05, 3.63) is 94.5 Å². The molecule has 0 bridgehead atoms. The number of phenolic OH excluding ortho intramolecular Hbond substituents is 1. The normalized spacial score (nSPS) is 11.6. The van der Waals surface area contributed by atoms with Crippen LogP contribution in [-0.2, 0) is 30.4 Å². The first-order valence-corrected chi connectivity index (χ1v) is 18.0. The molecule has 0 saturated heterocycles. The van der Waals surface area contributed by atoms with Crippen molar-refractivity contribution in [1.29, 1.82) is 0 Å². The van der Waals surface area contributed by atoms with Gasteiger partial charge >= 0.3 is 148 Å². The summed E-state index contributed by atoms with van der Waals surface area (Å²) in [5.41, 5.74) is 4.03. The van der Waals surface area contributed by atoms with E-state index in [4.69, 9.17) is 5.73 Å². The van der Waals surface area contributed by atoms with Crippen LogP contribution in [0.1, 0.15) is 5.56 Å².